The third kappa shape index (κ3) is 3.55. The Kier molecular flexibility index (Phi) is 4.15. The van der Waals surface area contributed by atoms with Gasteiger partial charge in [0.1, 0.15) is 5.60 Å². The highest BCUT2D eigenvalue weighted by Crippen LogP contribution is 2.31. The van der Waals surface area contributed by atoms with Crippen molar-refractivity contribution in [3.63, 3.8) is 0 Å². The molecule has 2 heterocycles. The Morgan fingerprint density at radius 2 is 1.91 bits per heavy atom. The lowest BCUT2D eigenvalue weighted by molar-refractivity contribution is -0.120. The maximum absolute atomic E-state index is 12.3. The molecule has 5 heteroatoms. The smallest absolute Gasteiger partial charge is 0.411 e. The predicted molar refractivity (Wildman–Crippen MR) is 86.9 cm³/mol. The molecule has 0 bridgehead atoms. The van der Waals surface area contributed by atoms with Gasteiger partial charge in [-0.25, -0.2) is 4.79 Å². The molecule has 0 radical (unpaired) electrons. The molecule has 5 nitrogen and oxygen atoms in total. The van der Waals surface area contributed by atoms with E-state index in [-0.39, 0.29) is 30.4 Å². The van der Waals surface area contributed by atoms with Crippen LogP contribution in [0.5, 0.6) is 0 Å². The van der Waals surface area contributed by atoms with Crippen LogP contribution in [0.4, 0.5) is 4.79 Å². The van der Waals surface area contributed by atoms with Gasteiger partial charge in [-0.3, -0.25) is 14.6 Å². The molecule has 0 N–H and O–H groups in total. The van der Waals surface area contributed by atoms with E-state index in [2.05, 4.69) is 17.0 Å². The van der Waals surface area contributed by atoms with Crippen molar-refractivity contribution in [1.82, 2.24) is 9.80 Å². The lowest BCUT2D eigenvalue weighted by atomic mass is 10.0. The van der Waals surface area contributed by atoms with Gasteiger partial charge in [-0.1, -0.05) is 30.3 Å². The van der Waals surface area contributed by atoms with E-state index in [9.17, 15) is 9.59 Å². The number of carbonyl (C=O) groups excluding carboxylic acids is 2. The van der Waals surface area contributed by atoms with Crippen LogP contribution in [0.3, 0.4) is 0 Å². The second-order valence-corrected chi connectivity index (χ2v) is 7.43. The molecule has 0 saturated carbocycles. The van der Waals surface area contributed by atoms with Gasteiger partial charge in [0, 0.05) is 19.6 Å². The Morgan fingerprint density at radius 3 is 2.57 bits per heavy atom. The molecular formula is C18H24N2O3. The first-order valence-corrected chi connectivity index (χ1v) is 8.12. The highest BCUT2D eigenvalue weighted by atomic mass is 16.6. The summed E-state index contributed by atoms with van der Waals surface area (Å²) in [5, 5.41) is 0. The summed E-state index contributed by atoms with van der Waals surface area (Å²) >= 11 is 0. The summed E-state index contributed by atoms with van der Waals surface area (Å²) in [7, 11) is 0. The van der Waals surface area contributed by atoms with Crippen LogP contribution in [0.2, 0.25) is 0 Å². The van der Waals surface area contributed by atoms with Crippen molar-refractivity contribution in [3.8, 4) is 0 Å². The number of nitrogens with zero attached hydrogens (tertiary/aromatic N) is 2. The number of rotatable bonds is 2. The average molecular weight is 316 g/mol. The van der Waals surface area contributed by atoms with Crippen molar-refractivity contribution in [1.29, 1.82) is 0 Å². The quantitative estimate of drug-likeness (QED) is 0.840. The molecule has 124 valence electrons. The molecule has 2 aliphatic heterocycles. The third-order valence-electron chi connectivity index (χ3n) is 4.38. The van der Waals surface area contributed by atoms with Crippen LogP contribution in [0.25, 0.3) is 0 Å². The van der Waals surface area contributed by atoms with Crippen LogP contribution < -0.4 is 0 Å². The Morgan fingerprint density at radius 1 is 1.22 bits per heavy atom. The number of ketones is 1. The molecule has 2 unspecified atom stereocenters. The molecule has 1 amide bonds. The minimum absolute atomic E-state index is 0.0546. The second kappa shape index (κ2) is 5.96. The summed E-state index contributed by atoms with van der Waals surface area (Å²) in [5.41, 5.74) is 0.685. The fourth-order valence-electron chi connectivity index (χ4n) is 3.39. The molecule has 2 atom stereocenters. The lowest BCUT2D eigenvalue weighted by Crippen LogP contribution is -2.42. The zero-order chi connectivity index (χ0) is 16.6. The van der Waals surface area contributed by atoms with E-state index < -0.39 is 5.60 Å². The minimum Gasteiger partial charge on any atom is -0.444 e. The van der Waals surface area contributed by atoms with E-state index in [1.165, 1.54) is 5.56 Å². The molecule has 2 fully saturated rings. The molecule has 2 saturated heterocycles. The molecule has 0 spiro atoms. The number of ether oxygens (including phenoxy) is 1. The zero-order valence-corrected chi connectivity index (χ0v) is 14.0. The topological polar surface area (TPSA) is 49.9 Å². The van der Waals surface area contributed by atoms with E-state index in [1.807, 2.05) is 39.0 Å². The van der Waals surface area contributed by atoms with Crippen molar-refractivity contribution >= 4 is 11.9 Å². The Hall–Kier alpha value is -1.88. The monoisotopic (exact) mass is 316 g/mol. The maximum atomic E-state index is 12.3. The predicted octanol–water partition coefficient (Wildman–Crippen LogP) is 2.31. The van der Waals surface area contributed by atoms with Crippen LogP contribution in [0, 0.1) is 5.92 Å². The van der Waals surface area contributed by atoms with Crippen molar-refractivity contribution in [2.24, 2.45) is 5.92 Å². The number of Topliss-reactive ketones (excluding diaryl/α,β-unsaturated/α-hetero) is 1. The van der Waals surface area contributed by atoms with E-state index in [4.69, 9.17) is 4.74 Å². The van der Waals surface area contributed by atoms with E-state index in [0.29, 0.717) is 0 Å². The largest absolute Gasteiger partial charge is 0.444 e. The maximum Gasteiger partial charge on any atom is 0.411 e. The van der Waals surface area contributed by atoms with Gasteiger partial charge in [-0.05, 0) is 26.3 Å². The molecular weight excluding hydrogens is 292 g/mol. The lowest BCUT2D eigenvalue weighted by Gasteiger charge is -2.28. The Bertz CT molecular complexity index is 594. The molecule has 1 aromatic rings. The number of likely N-dealkylation sites (tertiary alicyclic amines) is 2. The van der Waals surface area contributed by atoms with Crippen LogP contribution in [-0.4, -0.2) is 53.0 Å². The van der Waals surface area contributed by atoms with Gasteiger partial charge in [0.15, 0.2) is 5.78 Å². The van der Waals surface area contributed by atoms with Gasteiger partial charge < -0.3 is 4.74 Å². The number of carbonyl (C=O) groups is 2. The summed E-state index contributed by atoms with van der Waals surface area (Å²) in [6.45, 7) is 7.97. The molecule has 0 aliphatic carbocycles. The third-order valence-corrected chi connectivity index (χ3v) is 4.38. The van der Waals surface area contributed by atoms with Gasteiger partial charge in [-0.2, -0.15) is 0 Å². The van der Waals surface area contributed by atoms with Gasteiger partial charge >= 0.3 is 6.09 Å². The van der Waals surface area contributed by atoms with Crippen LogP contribution in [0.15, 0.2) is 30.3 Å². The van der Waals surface area contributed by atoms with Gasteiger partial charge in [-0.15, -0.1) is 0 Å². The highest BCUT2D eigenvalue weighted by Gasteiger charge is 2.49. The first-order valence-electron chi connectivity index (χ1n) is 8.12. The van der Waals surface area contributed by atoms with Crippen molar-refractivity contribution < 1.29 is 14.3 Å². The van der Waals surface area contributed by atoms with E-state index in [0.717, 1.165) is 19.6 Å². The fraction of sp³-hybridized carbons (Fsp3) is 0.556. The van der Waals surface area contributed by atoms with Gasteiger partial charge in [0.05, 0.1) is 18.5 Å². The Labute approximate surface area is 137 Å². The standard InChI is InChI=1S/C18H24N2O3/c1-18(2,3)23-17(22)20-12-16(21)14-10-19(11-15(14)20)9-13-7-5-4-6-8-13/h4-8,14-15H,9-12H2,1-3H3. The number of hydrogen-bond acceptors (Lipinski definition) is 4. The van der Waals surface area contributed by atoms with Crippen molar-refractivity contribution in [3.05, 3.63) is 35.9 Å². The van der Waals surface area contributed by atoms with E-state index in [1.54, 1.807) is 4.90 Å². The number of amides is 1. The Balaban J connectivity index is 1.67. The summed E-state index contributed by atoms with van der Waals surface area (Å²) in [4.78, 5) is 28.5. The van der Waals surface area contributed by atoms with Gasteiger partial charge in [0.25, 0.3) is 0 Å². The van der Waals surface area contributed by atoms with Crippen LogP contribution in [-0.2, 0) is 16.1 Å². The second-order valence-electron chi connectivity index (χ2n) is 7.43. The van der Waals surface area contributed by atoms with Crippen molar-refractivity contribution in [2.45, 2.75) is 39.0 Å². The zero-order valence-electron chi connectivity index (χ0n) is 14.0. The summed E-state index contributed by atoms with van der Waals surface area (Å²) < 4.78 is 5.45. The molecule has 1 aromatic carbocycles. The number of benzene rings is 1. The summed E-state index contributed by atoms with van der Waals surface area (Å²) in [5.74, 6) is 0.0719. The minimum atomic E-state index is -0.541. The average Bonchev–Trinajstić information content (AvgIpc) is 2.99. The van der Waals surface area contributed by atoms with E-state index >= 15 is 0 Å². The normalized spacial score (nSPS) is 24.8. The summed E-state index contributed by atoms with van der Waals surface area (Å²) in [6, 6.07) is 10.1. The number of hydrogen-bond donors (Lipinski definition) is 0. The molecule has 3 rings (SSSR count). The molecule has 2 aliphatic rings. The van der Waals surface area contributed by atoms with Crippen LogP contribution >= 0.6 is 0 Å². The molecule has 23 heavy (non-hydrogen) atoms. The highest BCUT2D eigenvalue weighted by molar-refractivity contribution is 5.91. The SMILES string of the molecule is CC(C)(C)OC(=O)N1CC(=O)C2CN(Cc3ccccc3)CC21. The molecule has 0 aromatic heterocycles. The summed E-state index contributed by atoms with van der Waals surface area (Å²) in [6.07, 6.45) is -0.375. The van der Waals surface area contributed by atoms with Crippen LogP contribution in [0.1, 0.15) is 26.3 Å². The first kappa shape index (κ1) is 16.0. The fourth-order valence-corrected chi connectivity index (χ4v) is 3.39. The van der Waals surface area contributed by atoms with Crippen molar-refractivity contribution in [2.75, 3.05) is 19.6 Å². The first-order chi connectivity index (χ1) is 10.8. The van der Waals surface area contributed by atoms with Gasteiger partial charge in [0.2, 0.25) is 0 Å². The number of fused-ring (bicyclic) bond motifs is 1.